The molecule has 1 fully saturated rings. The molecule has 21 heavy (non-hydrogen) atoms. The van der Waals surface area contributed by atoms with E-state index in [0.717, 1.165) is 24.8 Å². The third kappa shape index (κ3) is 3.08. The lowest BCUT2D eigenvalue weighted by atomic mass is 9.71. The van der Waals surface area contributed by atoms with Crippen molar-refractivity contribution in [2.24, 2.45) is 11.8 Å². The maximum absolute atomic E-state index is 13.5. The molecule has 0 saturated heterocycles. The first-order valence-corrected chi connectivity index (χ1v) is 8.14. The molecule has 1 aliphatic heterocycles. The molecule has 3 rings (SSSR count). The quantitative estimate of drug-likeness (QED) is 0.862. The van der Waals surface area contributed by atoms with Crippen LogP contribution in [0.1, 0.15) is 64.0 Å². The van der Waals surface area contributed by atoms with Crippen LogP contribution in [0.4, 0.5) is 4.39 Å². The van der Waals surface area contributed by atoms with E-state index < -0.39 is 6.10 Å². The highest BCUT2D eigenvalue weighted by molar-refractivity contribution is 5.38. The molecule has 0 aromatic heterocycles. The highest BCUT2D eigenvalue weighted by Gasteiger charge is 2.44. The van der Waals surface area contributed by atoms with Crippen LogP contribution < -0.4 is 4.74 Å². The van der Waals surface area contributed by atoms with E-state index in [9.17, 15) is 9.50 Å². The van der Waals surface area contributed by atoms with E-state index in [0.29, 0.717) is 24.0 Å². The second-order valence-corrected chi connectivity index (χ2v) is 7.28. The van der Waals surface area contributed by atoms with Gasteiger partial charge in [-0.3, -0.25) is 0 Å². The Balaban J connectivity index is 1.83. The summed E-state index contributed by atoms with van der Waals surface area (Å²) >= 11 is 0. The fraction of sp³-hybridized carbons (Fsp3) is 0.667. The van der Waals surface area contributed by atoms with Crippen LogP contribution in [0.3, 0.4) is 0 Å². The molecule has 2 unspecified atom stereocenters. The average molecular weight is 292 g/mol. The summed E-state index contributed by atoms with van der Waals surface area (Å²) in [5.41, 5.74) is 0.436. The minimum atomic E-state index is -0.535. The Bertz CT molecular complexity index is 514. The Kier molecular flexibility index (Phi) is 3.96. The Morgan fingerprint density at radius 3 is 2.95 bits per heavy atom. The predicted molar refractivity (Wildman–Crippen MR) is 80.7 cm³/mol. The number of aliphatic hydroxyl groups excluding tert-OH is 1. The van der Waals surface area contributed by atoms with E-state index in [1.54, 1.807) is 6.07 Å². The number of benzene rings is 1. The third-order valence-electron chi connectivity index (χ3n) is 4.94. The summed E-state index contributed by atoms with van der Waals surface area (Å²) in [6.45, 7) is 4.51. The lowest BCUT2D eigenvalue weighted by Gasteiger charge is -2.46. The van der Waals surface area contributed by atoms with Crippen LogP contribution >= 0.6 is 0 Å². The molecular formula is C18H25FO2. The summed E-state index contributed by atoms with van der Waals surface area (Å²) in [6.07, 6.45) is 5.64. The van der Waals surface area contributed by atoms with Crippen molar-refractivity contribution in [1.29, 1.82) is 0 Å². The Morgan fingerprint density at radius 1 is 1.38 bits per heavy atom. The molecular weight excluding hydrogens is 267 g/mol. The number of rotatable bonds is 2. The van der Waals surface area contributed by atoms with Gasteiger partial charge < -0.3 is 9.84 Å². The molecule has 0 radical (unpaired) electrons. The van der Waals surface area contributed by atoms with Crippen molar-refractivity contribution in [1.82, 2.24) is 0 Å². The molecule has 1 aromatic rings. The van der Waals surface area contributed by atoms with Gasteiger partial charge in [0, 0.05) is 18.1 Å². The van der Waals surface area contributed by atoms with Crippen molar-refractivity contribution in [3.05, 3.63) is 29.6 Å². The van der Waals surface area contributed by atoms with E-state index in [1.807, 2.05) is 0 Å². The van der Waals surface area contributed by atoms with E-state index in [2.05, 4.69) is 13.8 Å². The number of hydrogen-bond donors (Lipinski definition) is 1. The monoisotopic (exact) mass is 292 g/mol. The van der Waals surface area contributed by atoms with Crippen LogP contribution in [0.15, 0.2) is 18.2 Å². The van der Waals surface area contributed by atoms with Gasteiger partial charge in [0.15, 0.2) is 0 Å². The van der Waals surface area contributed by atoms with Crippen molar-refractivity contribution in [2.45, 2.75) is 64.1 Å². The van der Waals surface area contributed by atoms with Gasteiger partial charge in [0.25, 0.3) is 0 Å². The number of fused-ring (bicyclic) bond motifs is 1. The second kappa shape index (κ2) is 5.60. The molecule has 1 N–H and O–H groups in total. The molecule has 0 bridgehead atoms. The molecule has 1 aromatic carbocycles. The zero-order valence-corrected chi connectivity index (χ0v) is 12.9. The van der Waals surface area contributed by atoms with Crippen LogP contribution in [-0.2, 0) is 0 Å². The van der Waals surface area contributed by atoms with Gasteiger partial charge in [-0.25, -0.2) is 4.39 Å². The molecule has 1 saturated carbocycles. The van der Waals surface area contributed by atoms with Crippen molar-refractivity contribution >= 4 is 0 Å². The van der Waals surface area contributed by atoms with Crippen molar-refractivity contribution in [3.8, 4) is 5.75 Å². The fourth-order valence-corrected chi connectivity index (χ4v) is 4.20. The molecule has 1 heterocycles. The van der Waals surface area contributed by atoms with Crippen molar-refractivity contribution in [3.63, 3.8) is 0 Å². The minimum absolute atomic E-state index is 0.294. The fourth-order valence-electron chi connectivity index (χ4n) is 4.20. The maximum atomic E-state index is 13.5. The first-order valence-electron chi connectivity index (χ1n) is 8.14. The molecule has 116 valence electrons. The van der Waals surface area contributed by atoms with Gasteiger partial charge in [0.05, 0.1) is 6.10 Å². The topological polar surface area (TPSA) is 29.5 Å². The van der Waals surface area contributed by atoms with Crippen molar-refractivity contribution in [2.75, 3.05) is 0 Å². The number of hydrogen-bond acceptors (Lipinski definition) is 2. The molecule has 1 spiro atoms. The smallest absolute Gasteiger partial charge is 0.128 e. The van der Waals surface area contributed by atoms with Gasteiger partial charge in [-0.05, 0) is 49.7 Å². The largest absolute Gasteiger partial charge is 0.487 e. The molecule has 0 amide bonds. The van der Waals surface area contributed by atoms with Gasteiger partial charge >= 0.3 is 0 Å². The minimum Gasteiger partial charge on any atom is -0.487 e. The first-order chi connectivity index (χ1) is 9.97. The number of halogens is 1. The summed E-state index contributed by atoms with van der Waals surface area (Å²) in [4.78, 5) is 0. The molecule has 1 aliphatic carbocycles. The van der Waals surface area contributed by atoms with E-state index >= 15 is 0 Å². The van der Waals surface area contributed by atoms with Crippen LogP contribution in [0.5, 0.6) is 5.75 Å². The standard InChI is InChI=1S/C18H25FO2/c1-12(2)8-13-4-3-7-18(10-13)11-16(20)15-6-5-14(19)9-17(15)21-18/h5-6,9,12-13,16,20H,3-4,7-8,10-11H2,1-2H3/t13?,16-,18?/m1/s1. The SMILES string of the molecule is CC(C)CC1CCCC2(C1)C[C@@H](O)c1ccc(F)cc1O2. The van der Waals surface area contributed by atoms with Gasteiger partial charge in [-0.15, -0.1) is 0 Å². The molecule has 2 nitrogen and oxygen atoms in total. The van der Waals surface area contributed by atoms with Crippen LogP contribution in [-0.4, -0.2) is 10.7 Å². The highest BCUT2D eigenvalue weighted by atomic mass is 19.1. The van der Waals surface area contributed by atoms with Crippen LogP contribution in [0, 0.1) is 17.7 Å². The molecule has 3 atom stereocenters. The Hall–Kier alpha value is -1.09. The summed E-state index contributed by atoms with van der Waals surface area (Å²) in [7, 11) is 0. The van der Waals surface area contributed by atoms with E-state index in [1.165, 1.54) is 25.0 Å². The van der Waals surface area contributed by atoms with Crippen LogP contribution in [0.2, 0.25) is 0 Å². The van der Waals surface area contributed by atoms with E-state index in [-0.39, 0.29) is 11.4 Å². The first kappa shape index (κ1) is 14.8. The molecule has 3 heteroatoms. The van der Waals surface area contributed by atoms with E-state index in [4.69, 9.17) is 4.74 Å². The zero-order valence-electron chi connectivity index (χ0n) is 12.9. The summed E-state index contributed by atoms with van der Waals surface area (Å²) in [5, 5.41) is 10.4. The van der Waals surface area contributed by atoms with Gasteiger partial charge in [0.1, 0.15) is 17.2 Å². The predicted octanol–water partition coefficient (Wildman–Crippen LogP) is 4.62. The van der Waals surface area contributed by atoms with Gasteiger partial charge in [0.2, 0.25) is 0 Å². The summed E-state index contributed by atoms with van der Waals surface area (Å²) in [5.74, 6) is 1.58. The zero-order chi connectivity index (χ0) is 15.0. The Labute approximate surface area is 126 Å². The second-order valence-electron chi connectivity index (χ2n) is 7.28. The lowest BCUT2D eigenvalue weighted by Crippen LogP contribution is -2.45. The van der Waals surface area contributed by atoms with Crippen LogP contribution in [0.25, 0.3) is 0 Å². The third-order valence-corrected chi connectivity index (χ3v) is 4.94. The summed E-state index contributed by atoms with van der Waals surface area (Å²) < 4.78 is 19.7. The van der Waals surface area contributed by atoms with Gasteiger partial charge in [-0.1, -0.05) is 20.3 Å². The number of aliphatic hydroxyl groups is 1. The molecule has 2 aliphatic rings. The van der Waals surface area contributed by atoms with Crippen molar-refractivity contribution < 1.29 is 14.2 Å². The average Bonchev–Trinajstić information content (AvgIpc) is 2.37. The highest BCUT2D eigenvalue weighted by Crippen LogP contribution is 2.48. The van der Waals surface area contributed by atoms with Gasteiger partial charge in [-0.2, -0.15) is 0 Å². The normalized spacial score (nSPS) is 32.0. The number of ether oxygens (including phenoxy) is 1. The lowest BCUT2D eigenvalue weighted by molar-refractivity contribution is -0.0540. The Morgan fingerprint density at radius 2 is 2.19 bits per heavy atom. The maximum Gasteiger partial charge on any atom is 0.128 e. The summed E-state index contributed by atoms with van der Waals surface area (Å²) in [6, 6.07) is 4.47.